The third-order valence-electron chi connectivity index (χ3n) is 3.70. The lowest BCUT2D eigenvalue weighted by atomic mass is 9.92. The second-order valence-corrected chi connectivity index (χ2v) is 6.19. The lowest BCUT2D eigenvalue weighted by molar-refractivity contribution is -0.113. The van der Waals surface area contributed by atoms with Gasteiger partial charge in [-0.3, -0.25) is 4.79 Å². The molecule has 1 amide bonds. The third-order valence-corrected chi connectivity index (χ3v) is 4.68. The summed E-state index contributed by atoms with van der Waals surface area (Å²) in [6, 6.07) is 1.99. The van der Waals surface area contributed by atoms with Crippen LogP contribution in [0, 0.1) is 0 Å². The van der Waals surface area contributed by atoms with E-state index in [9.17, 15) is 9.90 Å². The molecule has 0 bridgehead atoms. The number of aliphatic hydroxyl groups excluding tert-OH is 1. The van der Waals surface area contributed by atoms with Gasteiger partial charge in [0.25, 0.3) is 0 Å². The molecule has 108 valence electrons. The number of carbonyl (C=O) groups is 1. The maximum atomic E-state index is 11.4. The van der Waals surface area contributed by atoms with Crippen LogP contribution < -0.4 is 10.6 Å². The Morgan fingerprint density at radius 2 is 2.25 bits per heavy atom. The van der Waals surface area contributed by atoms with E-state index in [1.54, 1.807) is 0 Å². The number of anilines is 1. The Bertz CT molecular complexity index is 511. The van der Waals surface area contributed by atoms with Crippen LogP contribution in [0.4, 0.5) is 5.69 Å². The molecule has 3 rings (SSSR count). The monoisotopic (exact) mass is 294 g/mol. The summed E-state index contributed by atoms with van der Waals surface area (Å²) in [6.45, 7) is 0.558. The van der Waals surface area contributed by atoms with Gasteiger partial charge in [0.2, 0.25) is 5.91 Å². The molecule has 1 aliphatic carbocycles. The van der Waals surface area contributed by atoms with E-state index in [4.69, 9.17) is 0 Å². The number of nitrogens with one attached hydrogen (secondary N) is 2. The standard InChI is InChI=1S/C13H18N4O2S/c18-11-4-2-1-3-9(11)14-6-8-5-10-13(17-16-8)20-7-12(19)15-10/h5,9,11,14,18H,1-4,6-7H2,(H,15,19)/t9-,11-/m1/s1. The van der Waals surface area contributed by atoms with E-state index in [0.29, 0.717) is 12.3 Å². The highest BCUT2D eigenvalue weighted by Gasteiger charge is 2.23. The molecule has 2 aliphatic rings. The minimum atomic E-state index is -0.274. The summed E-state index contributed by atoms with van der Waals surface area (Å²) in [5.74, 6) is 0.394. The average Bonchev–Trinajstić information content (AvgIpc) is 2.46. The van der Waals surface area contributed by atoms with E-state index < -0.39 is 0 Å². The molecule has 1 aliphatic heterocycles. The van der Waals surface area contributed by atoms with Gasteiger partial charge in [-0.05, 0) is 18.9 Å². The number of aromatic nitrogens is 2. The minimum Gasteiger partial charge on any atom is -0.392 e. The first-order valence-corrected chi connectivity index (χ1v) is 7.91. The SMILES string of the molecule is O=C1CSc2nnc(CN[C@@H]3CCCC[C@H]3O)cc2N1. The predicted molar refractivity (Wildman–Crippen MR) is 76.5 cm³/mol. The highest BCUT2D eigenvalue weighted by molar-refractivity contribution is 8.00. The van der Waals surface area contributed by atoms with Gasteiger partial charge in [0.15, 0.2) is 0 Å². The van der Waals surface area contributed by atoms with Gasteiger partial charge in [-0.1, -0.05) is 24.6 Å². The quantitative estimate of drug-likeness (QED) is 0.768. The molecule has 3 N–H and O–H groups in total. The number of thioether (sulfide) groups is 1. The van der Waals surface area contributed by atoms with Gasteiger partial charge in [-0.2, -0.15) is 5.10 Å². The number of fused-ring (bicyclic) bond motifs is 1. The Balaban J connectivity index is 1.63. The van der Waals surface area contributed by atoms with E-state index in [-0.39, 0.29) is 18.1 Å². The normalized spacial score (nSPS) is 25.9. The van der Waals surface area contributed by atoms with Crippen LogP contribution in [0.5, 0.6) is 0 Å². The summed E-state index contributed by atoms with van der Waals surface area (Å²) in [5.41, 5.74) is 1.52. The van der Waals surface area contributed by atoms with Crippen LogP contribution in [0.3, 0.4) is 0 Å². The summed E-state index contributed by atoms with van der Waals surface area (Å²) in [4.78, 5) is 11.4. The maximum Gasteiger partial charge on any atom is 0.234 e. The molecule has 0 aromatic carbocycles. The largest absolute Gasteiger partial charge is 0.392 e. The van der Waals surface area contributed by atoms with Crippen LogP contribution in [0.2, 0.25) is 0 Å². The van der Waals surface area contributed by atoms with Crippen molar-refractivity contribution >= 4 is 23.4 Å². The molecule has 2 atom stereocenters. The minimum absolute atomic E-state index is 0.00267. The average molecular weight is 294 g/mol. The van der Waals surface area contributed by atoms with Gasteiger partial charge in [0.1, 0.15) is 5.03 Å². The molecule has 1 saturated carbocycles. The fourth-order valence-electron chi connectivity index (χ4n) is 2.61. The van der Waals surface area contributed by atoms with Crippen molar-refractivity contribution in [1.29, 1.82) is 0 Å². The Hall–Kier alpha value is -1.18. The van der Waals surface area contributed by atoms with Crippen molar-refractivity contribution in [3.63, 3.8) is 0 Å². The fourth-order valence-corrected chi connectivity index (χ4v) is 3.31. The molecule has 1 fully saturated rings. The van der Waals surface area contributed by atoms with Crippen molar-refractivity contribution in [2.24, 2.45) is 0 Å². The molecule has 0 spiro atoms. The number of rotatable bonds is 3. The van der Waals surface area contributed by atoms with Gasteiger partial charge in [0.05, 0.1) is 23.2 Å². The van der Waals surface area contributed by atoms with Crippen molar-refractivity contribution in [2.75, 3.05) is 11.1 Å². The predicted octanol–water partition coefficient (Wildman–Crippen LogP) is 0.914. The fraction of sp³-hybridized carbons (Fsp3) is 0.615. The van der Waals surface area contributed by atoms with Crippen molar-refractivity contribution in [2.45, 2.75) is 49.4 Å². The first-order chi connectivity index (χ1) is 9.72. The first kappa shape index (κ1) is 13.8. The smallest absolute Gasteiger partial charge is 0.234 e. The lowest BCUT2D eigenvalue weighted by Crippen LogP contribution is -2.41. The van der Waals surface area contributed by atoms with Crippen molar-refractivity contribution in [3.05, 3.63) is 11.8 Å². The van der Waals surface area contributed by atoms with E-state index >= 15 is 0 Å². The highest BCUT2D eigenvalue weighted by atomic mass is 32.2. The molecular weight excluding hydrogens is 276 g/mol. The molecule has 7 heteroatoms. The summed E-state index contributed by atoms with van der Waals surface area (Å²) in [6.07, 6.45) is 3.83. The zero-order chi connectivity index (χ0) is 13.9. The van der Waals surface area contributed by atoms with Crippen LogP contribution in [-0.4, -0.2) is 39.1 Å². The molecule has 0 unspecified atom stereocenters. The summed E-state index contributed by atoms with van der Waals surface area (Å²) < 4.78 is 0. The van der Waals surface area contributed by atoms with Gasteiger partial charge in [-0.25, -0.2) is 0 Å². The second kappa shape index (κ2) is 6.07. The lowest BCUT2D eigenvalue weighted by Gasteiger charge is -2.28. The van der Waals surface area contributed by atoms with E-state index in [0.717, 1.165) is 42.1 Å². The number of hydrogen-bond acceptors (Lipinski definition) is 6. The van der Waals surface area contributed by atoms with E-state index in [1.807, 2.05) is 6.07 Å². The van der Waals surface area contributed by atoms with Crippen LogP contribution in [0.1, 0.15) is 31.4 Å². The van der Waals surface area contributed by atoms with Crippen LogP contribution >= 0.6 is 11.8 Å². The molecule has 6 nitrogen and oxygen atoms in total. The topological polar surface area (TPSA) is 87.1 Å². The van der Waals surface area contributed by atoms with Crippen molar-refractivity contribution in [3.8, 4) is 0 Å². The van der Waals surface area contributed by atoms with Gasteiger partial charge in [-0.15, -0.1) is 5.10 Å². The first-order valence-electron chi connectivity index (χ1n) is 6.93. The Kier molecular flexibility index (Phi) is 4.18. The van der Waals surface area contributed by atoms with Crippen LogP contribution in [-0.2, 0) is 11.3 Å². The Labute approximate surface area is 121 Å². The number of carbonyl (C=O) groups excluding carboxylic acids is 1. The molecule has 1 aromatic heterocycles. The maximum absolute atomic E-state index is 11.4. The number of hydrogen-bond donors (Lipinski definition) is 3. The summed E-state index contributed by atoms with van der Waals surface area (Å²) >= 11 is 1.41. The molecular formula is C13H18N4O2S. The Morgan fingerprint density at radius 1 is 1.40 bits per heavy atom. The second-order valence-electron chi connectivity index (χ2n) is 5.23. The van der Waals surface area contributed by atoms with Crippen molar-refractivity contribution < 1.29 is 9.90 Å². The highest BCUT2D eigenvalue weighted by Crippen LogP contribution is 2.28. The van der Waals surface area contributed by atoms with Crippen molar-refractivity contribution in [1.82, 2.24) is 15.5 Å². The summed E-state index contributed by atoms with van der Waals surface area (Å²) in [5, 5.41) is 25.1. The van der Waals surface area contributed by atoms with E-state index in [1.165, 1.54) is 11.8 Å². The molecule has 1 aromatic rings. The van der Waals surface area contributed by atoms with Crippen LogP contribution in [0.15, 0.2) is 11.1 Å². The molecule has 0 saturated heterocycles. The van der Waals surface area contributed by atoms with E-state index in [2.05, 4.69) is 20.8 Å². The van der Waals surface area contributed by atoms with Gasteiger partial charge in [0, 0.05) is 12.6 Å². The Morgan fingerprint density at radius 3 is 3.10 bits per heavy atom. The third kappa shape index (κ3) is 3.11. The summed E-state index contributed by atoms with van der Waals surface area (Å²) in [7, 11) is 0. The number of nitrogens with zero attached hydrogens (tertiary/aromatic N) is 2. The molecule has 2 heterocycles. The zero-order valence-corrected chi connectivity index (χ0v) is 11.9. The zero-order valence-electron chi connectivity index (χ0n) is 11.1. The van der Waals surface area contributed by atoms with Gasteiger partial charge < -0.3 is 15.7 Å². The molecule has 20 heavy (non-hydrogen) atoms. The van der Waals surface area contributed by atoms with Crippen LogP contribution in [0.25, 0.3) is 0 Å². The number of amides is 1. The van der Waals surface area contributed by atoms with Gasteiger partial charge >= 0.3 is 0 Å². The molecule has 0 radical (unpaired) electrons. The number of aliphatic hydroxyl groups is 1.